The number of anilines is 3. The number of rotatable bonds is 4. The number of aromatic nitrogens is 3. The van der Waals surface area contributed by atoms with Crippen molar-refractivity contribution in [2.24, 2.45) is 0 Å². The van der Waals surface area contributed by atoms with Gasteiger partial charge in [-0.05, 0) is 39.2 Å². The molecule has 1 N–H and O–H groups in total. The van der Waals surface area contributed by atoms with Gasteiger partial charge in [0.15, 0.2) is 5.13 Å². The minimum atomic E-state index is 0.0937. The Hall–Kier alpha value is -2.82. The van der Waals surface area contributed by atoms with Crippen LogP contribution in [0.4, 0.5) is 16.8 Å². The Bertz CT molecular complexity index is 1150. The molecule has 0 unspecified atom stereocenters. The van der Waals surface area contributed by atoms with E-state index >= 15 is 0 Å². The highest BCUT2D eigenvalue weighted by Gasteiger charge is 2.21. The standard InChI is InChI=1S/C23H30N8OS/c1-16-24-20(15-21(25-16)30-10-6-28(2)7-11-30)27-23-26-18-5-4-17(14-19(18)33-23)22(32)31-12-8-29(3)9-13-31/h4-5,14-15H,6-13H2,1-3H3,(H,24,25,26,27). The molecular weight excluding hydrogens is 436 g/mol. The van der Waals surface area contributed by atoms with Gasteiger partial charge in [-0.3, -0.25) is 4.79 Å². The lowest BCUT2D eigenvalue weighted by Gasteiger charge is -2.33. The average Bonchev–Trinajstić information content (AvgIpc) is 3.20. The Balaban J connectivity index is 1.33. The summed E-state index contributed by atoms with van der Waals surface area (Å²) >= 11 is 1.54. The molecule has 174 valence electrons. The number of nitrogens with zero attached hydrogens (tertiary/aromatic N) is 7. The molecule has 5 rings (SSSR count). The summed E-state index contributed by atoms with van der Waals surface area (Å²) in [5.41, 5.74) is 1.60. The van der Waals surface area contributed by atoms with Crippen molar-refractivity contribution in [3.63, 3.8) is 0 Å². The monoisotopic (exact) mass is 466 g/mol. The zero-order valence-corrected chi connectivity index (χ0v) is 20.2. The van der Waals surface area contributed by atoms with Gasteiger partial charge >= 0.3 is 0 Å². The van der Waals surface area contributed by atoms with Crippen LogP contribution in [0.5, 0.6) is 0 Å². The minimum Gasteiger partial charge on any atom is -0.354 e. The van der Waals surface area contributed by atoms with E-state index in [9.17, 15) is 4.79 Å². The average molecular weight is 467 g/mol. The second-order valence-electron chi connectivity index (χ2n) is 8.87. The molecule has 0 saturated carbocycles. The summed E-state index contributed by atoms with van der Waals surface area (Å²) in [4.78, 5) is 35.7. The molecule has 33 heavy (non-hydrogen) atoms. The number of likely N-dealkylation sites (N-methyl/N-ethyl adjacent to an activating group) is 2. The Morgan fingerprint density at radius 1 is 0.909 bits per heavy atom. The number of carbonyl (C=O) groups excluding carboxylic acids is 1. The van der Waals surface area contributed by atoms with Crippen LogP contribution in [0.1, 0.15) is 16.2 Å². The molecule has 1 aromatic carbocycles. The Kier molecular flexibility index (Phi) is 6.13. The highest BCUT2D eigenvalue weighted by atomic mass is 32.1. The van der Waals surface area contributed by atoms with Crippen molar-refractivity contribution in [1.82, 2.24) is 29.7 Å². The molecule has 4 heterocycles. The SMILES string of the molecule is Cc1nc(Nc2nc3ccc(C(=O)N4CCN(C)CC4)cc3s2)cc(N2CCN(C)CC2)n1. The molecule has 2 aromatic heterocycles. The number of nitrogens with one attached hydrogen (secondary N) is 1. The minimum absolute atomic E-state index is 0.0937. The summed E-state index contributed by atoms with van der Waals surface area (Å²) < 4.78 is 0.988. The second kappa shape index (κ2) is 9.20. The van der Waals surface area contributed by atoms with Crippen molar-refractivity contribution in [3.8, 4) is 0 Å². The van der Waals surface area contributed by atoms with Crippen LogP contribution in [0.25, 0.3) is 10.2 Å². The summed E-state index contributed by atoms with van der Waals surface area (Å²) in [6.07, 6.45) is 0. The maximum atomic E-state index is 12.9. The molecule has 0 atom stereocenters. The van der Waals surface area contributed by atoms with E-state index in [-0.39, 0.29) is 5.91 Å². The summed E-state index contributed by atoms with van der Waals surface area (Å²) in [6, 6.07) is 7.76. The molecule has 2 saturated heterocycles. The third-order valence-corrected chi connectivity index (χ3v) is 7.25. The van der Waals surface area contributed by atoms with Crippen molar-refractivity contribution in [2.45, 2.75) is 6.92 Å². The molecule has 0 aliphatic carbocycles. The maximum Gasteiger partial charge on any atom is 0.253 e. The quantitative estimate of drug-likeness (QED) is 0.627. The van der Waals surface area contributed by atoms with Crippen LogP contribution in [0.3, 0.4) is 0 Å². The van der Waals surface area contributed by atoms with Crippen molar-refractivity contribution < 1.29 is 4.79 Å². The molecule has 2 aliphatic heterocycles. The van der Waals surface area contributed by atoms with Crippen molar-refractivity contribution in [2.75, 3.05) is 76.7 Å². The van der Waals surface area contributed by atoms with Gasteiger partial charge < -0.3 is 24.9 Å². The smallest absolute Gasteiger partial charge is 0.253 e. The number of hydrogen-bond donors (Lipinski definition) is 1. The van der Waals surface area contributed by atoms with Crippen LogP contribution in [0, 0.1) is 6.92 Å². The molecule has 0 radical (unpaired) electrons. The van der Waals surface area contributed by atoms with Crippen LogP contribution in [-0.4, -0.2) is 102 Å². The third kappa shape index (κ3) is 4.92. The van der Waals surface area contributed by atoms with E-state index in [1.165, 1.54) is 11.3 Å². The summed E-state index contributed by atoms with van der Waals surface area (Å²) in [5, 5.41) is 4.12. The first-order valence-electron chi connectivity index (χ1n) is 11.4. The number of amides is 1. The van der Waals surface area contributed by atoms with E-state index in [0.29, 0.717) is 0 Å². The fourth-order valence-corrected chi connectivity index (χ4v) is 5.14. The maximum absolute atomic E-state index is 12.9. The zero-order chi connectivity index (χ0) is 22.9. The molecule has 10 heteroatoms. The van der Waals surface area contributed by atoms with Crippen molar-refractivity contribution in [3.05, 3.63) is 35.7 Å². The van der Waals surface area contributed by atoms with Gasteiger partial charge in [0.2, 0.25) is 0 Å². The third-order valence-electron chi connectivity index (χ3n) is 6.31. The Labute approximate surface area is 198 Å². The van der Waals surface area contributed by atoms with E-state index in [2.05, 4.69) is 44.1 Å². The molecule has 2 aliphatic rings. The predicted octanol–water partition coefficient (Wildman–Crippen LogP) is 2.28. The van der Waals surface area contributed by atoms with Gasteiger partial charge in [0.1, 0.15) is 17.5 Å². The largest absolute Gasteiger partial charge is 0.354 e. The van der Waals surface area contributed by atoms with Crippen LogP contribution in [0.15, 0.2) is 24.3 Å². The van der Waals surface area contributed by atoms with Crippen molar-refractivity contribution in [1.29, 1.82) is 0 Å². The lowest BCUT2D eigenvalue weighted by atomic mass is 10.1. The van der Waals surface area contributed by atoms with Crippen LogP contribution in [0.2, 0.25) is 0 Å². The van der Waals surface area contributed by atoms with Gasteiger partial charge in [0.25, 0.3) is 5.91 Å². The molecule has 0 spiro atoms. The molecule has 2 fully saturated rings. The molecule has 9 nitrogen and oxygen atoms in total. The zero-order valence-electron chi connectivity index (χ0n) is 19.4. The molecular formula is C23H30N8OS. The number of thiazole rings is 1. The van der Waals surface area contributed by atoms with E-state index in [1.54, 1.807) is 0 Å². The highest BCUT2D eigenvalue weighted by Crippen LogP contribution is 2.30. The van der Waals surface area contributed by atoms with Gasteiger partial charge in [-0.1, -0.05) is 11.3 Å². The highest BCUT2D eigenvalue weighted by molar-refractivity contribution is 7.22. The topological polar surface area (TPSA) is 80.7 Å². The van der Waals surface area contributed by atoms with Crippen LogP contribution < -0.4 is 10.2 Å². The number of aryl methyl sites for hydroxylation is 1. The Morgan fingerprint density at radius 3 is 2.33 bits per heavy atom. The lowest BCUT2D eigenvalue weighted by Crippen LogP contribution is -2.47. The van der Waals surface area contributed by atoms with E-state index in [1.807, 2.05) is 36.1 Å². The fourth-order valence-electron chi connectivity index (χ4n) is 4.23. The number of piperazine rings is 2. The number of benzene rings is 1. The van der Waals surface area contributed by atoms with Gasteiger partial charge in [-0.25, -0.2) is 15.0 Å². The molecule has 3 aromatic rings. The molecule has 0 bridgehead atoms. The van der Waals surface area contributed by atoms with E-state index in [0.717, 1.165) is 90.7 Å². The van der Waals surface area contributed by atoms with E-state index < -0.39 is 0 Å². The number of fused-ring (bicyclic) bond motifs is 1. The van der Waals surface area contributed by atoms with Crippen LogP contribution >= 0.6 is 11.3 Å². The first kappa shape index (κ1) is 22.0. The van der Waals surface area contributed by atoms with Gasteiger partial charge in [-0.2, -0.15) is 0 Å². The van der Waals surface area contributed by atoms with Gasteiger partial charge in [0.05, 0.1) is 10.2 Å². The van der Waals surface area contributed by atoms with Gasteiger partial charge in [-0.15, -0.1) is 0 Å². The lowest BCUT2D eigenvalue weighted by molar-refractivity contribution is 0.0664. The Morgan fingerprint density at radius 2 is 1.61 bits per heavy atom. The summed E-state index contributed by atoms with van der Waals surface area (Å²) in [6.45, 7) is 9.25. The van der Waals surface area contributed by atoms with Gasteiger partial charge in [0, 0.05) is 64.0 Å². The normalized spacial score (nSPS) is 18.2. The molecule has 1 amide bonds. The first-order chi connectivity index (χ1) is 15.9. The number of carbonyl (C=O) groups is 1. The fraction of sp³-hybridized carbons (Fsp3) is 0.478. The first-order valence-corrected chi connectivity index (χ1v) is 12.2. The van der Waals surface area contributed by atoms with Crippen LogP contribution in [-0.2, 0) is 0 Å². The van der Waals surface area contributed by atoms with Crippen molar-refractivity contribution >= 4 is 44.2 Å². The van der Waals surface area contributed by atoms with E-state index in [4.69, 9.17) is 4.98 Å². The predicted molar refractivity (Wildman–Crippen MR) is 133 cm³/mol. The summed E-state index contributed by atoms with van der Waals surface area (Å²) in [5.74, 6) is 2.51. The summed E-state index contributed by atoms with van der Waals surface area (Å²) in [7, 11) is 4.24. The second-order valence-corrected chi connectivity index (χ2v) is 9.90. The number of hydrogen-bond acceptors (Lipinski definition) is 9.